The number of hydrogen-bond acceptors (Lipinski definition) is 2. The summed E-state index contributed by atoms with van der Waals surface area (Å²) in [5.41, 5.74) is 0. The Morgan fingerprint density at radius 2 is 1.53 bits per heavy atom. The summed E-state index contributed by atoms with van der Waals surface area (Å²) in [6, 6.07) is 0. The lowest BCUT2D eigenvalue weighted by molar-refractivity contribution is -0.130. The molecule has 19 heavy (non-hydrogen) atoms. The van der Waals surface area contributed by atoms with Crippen LogP contribution in [0.4, 0.5) is 0 Å². The van der Waals surface area contributed by atoms with Crippen LogP contribution in [0, 0.1) is 11.8 Å². The van der Waals surface area contributed by atoms with Crippen LogP contribution in [0.3, 0.4) is 0 Å². The molecular weight excluding hydrogens is 236 g/mol. The molecule has 0 bridgehead atoms. The van der Waals surface area contributed by atoms with Crippen molar-refractivity contribution >= 4 is 5.91 Å². The molecule has 0 atom stereocenters. The third kappa shape index (κ3) is 5.52. The van der Waals surface area contributed by atoms with Crippen LogP contribution in [-0.4, -0.2) is 48.4 Å². The lowest BCUT2D eigenvalue weighted by Crippen LogP contribution is -2.42. The summed E-state index contributed by atoms with van der Waals surface area (Å²) in [5, 5.41) is 0. The van der Waals surface area contributed by atoms with Crippen molar-refractivity contribution < 1.29 is 4.79 Å². The largest absolute Gasteiger partial charge is 0.343 e. The SMILES string of the molecule is CC.CC(=O)N1CCC(CN2CCC(C)CC2)CC1. The zero-order chi connectivity index (χ0) is 14.3. The van der Waals surface area contributed by atoms with Gasteiger partial charge in [0.15, 0.2) is 0 Å². The normalized spacial score (nSPS) is 22.8. The average molecular weight is 268 g/mol. The molecule has 2 aliphatic heterocycles. The second-order valence-corrected chi connectivity index (χ2v) is 5.93. The Hall–Kier alpha value is -0.570. The lowest BCUT2D eigenvalue weighted by Gasteiger charge is -2.36. The van der Waals surface area contributed by atoms with Gasteiger partial charge in [-0.05, 0) is 50.6 Å². The predicted octanol–water partition coefficient (Wildman–Crippen LogP) is 3.00. The summed E-state index contributed by atoms with van der Waals surface area (Å²) in [7, 11) is 0. The van der Waals surface area contributed by atoms with Gasteiger partial charge >= 0.3 is 0 Å². The van der Waals surface area contributed by atoms with Gasteiger partial charge in [-0.2, -0.15) is 0 Å². The van der Waals surface area contributed by atoms with Gasteiger partial charge in [0.05, 0.1) is 0 Å². The molecule has 3 heteroatoms. The summed E-state index contributed by atoms with van der Waals surface area (Å²) in [6.07, 6.45) is 5.13. The van der Waals surface area contributed by atoms with Crippen molar-refractivity contribution in [2.45, 2.75) is 53.4 Å². The van der Waals surface area contributed by atoms with Crippen molar-refractivity contribution in [1.29, 1.82) is 0 Å². The van der Waals surface area contributed by atoms with E-state index in [1.807, 2.05) is 18.7 Å². The van der Waals surface area contributed by atoms with Crippen LogP contribution in [0.5, 0.6) is 0 Å². The lowest BCUT2D eigenvalue weighted by atomic mass is 9.93. The van der Waals surface area contributed by atoms with Gasteiger partial charge in [0.25, 0.3) is 0 Å². The molecule has 0 unspecified atom stereocenters. The van der Waals surface area contributed by atoms with E-state index in [0.717, 1.165) is 24.9 Å². The summed E-state index contributed by atoms with van der Waals surface area (Å²) >= 11 is 0. The van der Waals surface area contributed by atoms with Gasteiger partial charge in [0, 0.05) is 26.6 Å². The third-order valence-electron chi connectivity index (χ3n) is 4.45. The van der Waals surface area contributed by atoms with Gasteiger partial charge in [0.1, 0.15) is 0 Å². The zero-order valence-corrected chi connectivity index (χ0v) is 13.3. The number of amides is 1. The summed E-state index contributed by atoms with van der Waals surface area (Å²) in [5.74, 6) is 1.99. The Labute approximate surface area is 119 Å². The number of carbonyl (C=O) groups excluding carboxylic acids is 1. The van der Waals surface area contributed by atoms with E-state index in [2.05, 4.69) is 11.8 Å². The van der Waals surface area contributed by atoms with E-state index in [0.29, 0.717) is 0 Å². The smallest absolute Gasteiger partial charge is 0.219 e. The molecule has 1 amide bonds. The van der Waals surface area contributed by atoms with Crippen molar-refractivity contribution in [2.24, 2.45) is 11.8 Å². The van der Waals surface area contributed by atoms with Crippen molar-refractivity contribution in [3.8, 4) is 0 Å². The van der Waals surface area contributed by atoms with Gasteiger partial charge in [-0.15, -0.1) is 0 Å². The molecule has 0 aromatic rings. The van der Waals surface area contributed by atoms with Crippen LogP contribution in [0.2, 0.25) is 0 Å². The average Bonchev–Trinajstić information content (AvgIpc) is 2.44. The second-order valence-electron chi connectivity index (χ2n) is 5.93. The molecule has 0 spiro atoms. The van der Waals surface area contributed by atoms with E-state index < -0.39 is 0 Å². The quantitative estimate of drug-likeness (QED) is 0.768. The number of piperidine rings is 2. The third-order valence-corrected chi connectivity index (χ3v) is 4.45. The molecule has 0 saturated carbocycles. The summed E-state index contributed by atoms with van der Waals surface area (Å²) in [6.45, 7) is 13.8. The van der Waals surface area contributed by atoms with E-state index in [1.54, 1.807) is 6.92 Å². The number of nitrogens with zero attached hydrogens (tertiary/aromatic N) is 2. The topological polar surface area (TPSA) is 23.6 Å². The van der Waals surface area contributed by atoms with Crippen LogP contribution < -0.4 is 0 Å². The van der Waals surface area contributed by atoms with E-state index >= 15 is 0 Å². The van der Waals surface area contributed by atoms with Crippen molar-refractivity contribution in [2.75, 3.05) is 32.7 Å². The molecule has 0 aliphatic carbocycles. The van der Waals surface area contributed by atoms with Crippen LogP contribution in [0.15, 0.2) is 0 Å². The van der Waals surface area contributed by atoms with Crippen molar-refractivity contribution in [3.05, 3.63) is 0 Å². The minimum absolute atomic E-state index is 0.246. The standard InChI is InChI=1S/C14H26N2O.C2H6/c1-12-3-7-15(8-4-12)11-14-5-9-16(10-6-14)13(2)17;1-2/h12,14H,3-11H2,1-2H3;1-2H3. The van der Waals surface area contributed by atoms with E-state index in [4.69, 9.17) is 0 Å². The first-order chi connectivity index (χ1) is 9.15. The fraction of sp³-hybridized carbons (Fsp3) is 0.938. The zero-order valence-electron chi connectivity index (χ0n) is 13.3. The Kier molecular flexibility index (Phi) is 7.44. The van der Waals surface area contributed by atoms with Gasteiger partial charge in [0.2, 0.25) is 5.91 Å². The summed E-state index contributed by atoms with van der Waals surface area (Å²) < 4.78 is 0. The molecular formula is C16H32N2O. The van der Waals surface area contributed by atoms with Gasteiger partial charge in [-0.3, -0.25) is 4.79 Å². The maximum Gasteiger partial charge on any atom is 0.219 e. The van der Waals surface area contributed by atoms with Crippen LogP contribution in [-0.2, 0) is 4.79 Å². The Morgan fingerprint density at radius 1 is 1.00 bits per heavy atom. The minimum Gasteiger partial charge on any atom is -0.343 e. The number of carbonyl (C=O) groups is 1. The van der Waals surface area contributed by atoms with E-state index in [-0.39, 0.29) is 5.91 Å². The molecule has 3 nitrogen and oxygen atoms in total. The molecule has 2 saturated heterocycles. The Morgan fingerprint density at radius 3 is 2.00 bits per heavy atom. The van der Waals surface area contributed by atoms with Crippen molar-refractivity contribution in [3.63, 3.8) is 0 Å². The maximum atomic E-state index is 11.2. The molecule has 112 valence electrons. The molecule has 2 rings (SSSR count). The Bertz CT molecular complexity index is 251. The van der Waals surface area contributed by atoms with Crippen LogP contribution in [0.1, 0.15) is 53.4 Å². The number of rotatable bonds is 2. The summed E-state index contributed by atoms with van der Waals surface area (Å²) in [4.78, 5) is 15.9. The van der Waals surface area contributed by atoms with Gasteiger partial charge in [-0.25, -0.2) is 0 Å². The van der Waals surface area contributed by atoms with E-state index in [1.165, 1.54) is 45.3 Å². The predicted molar refractivity (Wildman–Crippen MR) is 81.2 cm³/mol. The monoisotopic (exact) mass is 268 g/mol. The van der Waals surface area contributed by atoms with E-state index in [9.17, 15) is 4.79 Å². The highest BCUT2D eigenvalue weighted by Crippen LogP contribution is 2.22. The van der Waals surface area contributed by atoms with Gasteiger partial charge < -0.3 is 9.80 Å². The minimum atomic E-state index is 0.246. The molecule has 2 fully saturated rings. The number of hydrogen-bond donors (Lipinski definition) is 0. The molecule has 0 N–H and O–H groups in total. The molecule has 2 heterocycles. The maximum absolute atomic E-state index is 11.2. The first kappa shape index (κ1) is 16.5. The van der Waals surface area contributed by atoms with Crippen molar-refractivity contribution in [1.82, 2.24) is 9.80 Å². The highest BCUT2D eigenvalue weighted by Gasteiger charge is 2.24. The van der Waals surface area contributed by atoms with Gasteiger partial charge in [-0.1, -0.05) is 20.8 Å². The second kappa shape index (κ2) is 8.57. The molecule has 2 aliphatic rings. The molecule has 0 aromatic heterocycles. The first-order valence-electron chi connectivity index (χ1n) is 8.13. The fourth-order valence-electron chi connectivity index (χ4n) is 3.04. The highest BCUT2D eigenvalue weighted by molar-refractivity contribution is 5.73. The fourth-order valence-corrected chi connectivity index (χ4v) is 3.04. The molecule has 0 aromatic carbocycles. The number of likely N-dealkylation sites (tertiary alicyclic amines) is 2. The van der Waals surface area contributed by atoms with Crippen LogP contribution >= 0.6 is 0 Å². The Balaban J connectivity index is 0.000000861. The first-order valence-corrected chi connectivity index (χ1v) is 8.13. The van der Waals surface area contributed by atoms with Crippen LogP contribution in [0.25, 0.3) is 0 Å². The highest BCUT2D eigenvalue weighted by atomic mass is 16.2. The molecule has 0 radical (unpaired) electrons.